The lowest BCUT2D eigenvalue weighted by Crippen LogP contribution is -2.51. The van der Waals surface area contributed by atoms with E-state index < -0.39 is 12.3 Å². The van der Waals surface area contributed by atoms with Crippen molar-refractivity contribution in [3.05, 3.63) is 28.2 Å². The van der Waals surface area contributed by atoms with E-state index in [9.17, 15) is 4.39 Å². The van der Waals surface area contributed by atoms with Crippen LogP contribution in [0.2, 0.25) is 0 Å². The van der Waals surface area contributed by atoms with Crippen LogP contribution >= 0.6 is 0 Å². The van der Waals surface area contributed by atoms with Crippen molar-refractivity contribution in [2.75, 3.05) is 13.2 Å². The summed E-state index contributed by atoms with van der Waals surface area (Å²) < 4.78 is 26.3. The van der Waals surface area contributed by atoms with Gasteiger partial charge < -0.3 is 19.7 Å². The van der Waals surface area contributed by atoms with Crippen molar-refractivity contribution in [2.24, 2.45) is 4.99 Å². The lowest BCUT2D eigenvalue weighted by Gasteiger charge is -2.42. The molecule has 2 aliphatic carbocycles. The Morgan fingerprint density at radius 1 is 1.21 bits per heavy atom. The van der Waals surface area contributed by atoms with E-state index in [1.54, 1.807) is 12.4 Å². The third kappa shape index (κ3) is 3.48. The van der Waals surface area contributed by atoms with Gasteiger partial charge in [-0.05, 0) is 51.8 Å². The second-order valence-electron chi connectivity index (χ2n) is 8.81. The van der Waals surface area contributed by atoms with Crippen molar-refractivity contribution in [1.29, 1.82) is 0 Å². The number of nitrogens with one attached hydrogen (secondary N) is 2. The van der Waals surface area contributed by atoms with Crippen LogP contribution in [0, 0.1) is 0 Å². The lowest BCUT2D eigenvalue weighted by molar-refractivity contribution is -0.0209. The molecule has 1 aromatic rings. The zero-order valence-electron chi connectivity index (χ0n) is 17.1. The molecule has 5 atom stereocenters. The molecular formula is C21H28FN5O2. The van der Waals surface area contributed by atoms with Crippen LogP contribution in [0.3, 0.4) is 0 Å². The number of fused-ring (bicyclic) bond motifs is 1. The summed E-state index contributed by atoms with van der Waals surface area (Å²) in [5, 5.41) is 12.3. The SMILES string of the molecule is C[C@@H]1COC[C@H](C)N1C1=CC(c2n[nH]c3c2=CC(OC2(C)CC2)C(F)C=3)N=CN1. The molecule has 0 amide bonds. The molecule has 2 aliphatic heterocycles. The monoisotopic (exact) mass is 401 g/mol. The minimum Gasteiger partial charge on any atom is -0.377 e. The molecule has 0 bridgehead atoms. The van der Waals surface area contributed by atoms with Crippen LogP contribution in [-0.4, -0.2) is 64.6 Å². The smallest absolute Gasteiger partial charge is 0.150 e. The number of nitrogens with zero attached hydrogens (tertiary/aromatic N) is 3. The van der Waals surface area contributed by atoms with Gasteiger partial charge in [0.25, 0.3) is 0 Å². The Kier molecular flexibility index (Phi) is 4.51. The topological polar surface area (TPSA) is 74.8 Å². The Hall–Kier alpha value is -2.19. The van der Waals surface area contributed by atoms with Gasteiger partial charge in [-0.25, -0.2) is 4.39 Å². The summed E-state index contributed by atoms with van der Waals surface area (Å²) >= 11 is 0. The van der Waals surface area contributed by atoms with Crippen molar-refractivity contribution in [3.8, 4) is 0 Å². The van der Waals surface area contributed by atoms with Gasteiger partial charge in [0.1, 0.15) is 18.0 Å². The number of rotatable bonds is 4. The minimum absolute atomic E-state index is 0.191. The summed E-state index contributed by atoms with van der Waals surface area (Å²) in [6.07, 6.45) is 7.45. The summed E-state index contributed by atoms with van der Waals surface area (Å²) in [4.78, 5) is 6.91. The Balaban J connectivity index is 1.47. The van der Waals surface area contributed by atoms with E-state index in [0.717, 1.165) is 29.6 Å². The molecule has 3 heterocycles. The number of ether oxygens (including phenoxy) is 2. The third-order valence-corrected chi connectivity index (χ3v) is 6.20. The highest BCUT2D eigenvalue weighted by Crippen LogP contribution is 2.40. The molecule has 2 N–H and O–H groups in total. The Labute approximate surface area is 169 Å². The third-order valence-electron chi connectivity index (χ3n) is 6.20. The Morgan fingerprint density at radius 2 is 1.97 bits per heavy atom. The van der Waals surface area contributed by atoms with Crippen LogP contribution in [0.5, 0.6) is 0 Å². The summed E-state index contributed by atoms with van der Waals surface area (Å²) in [5.41, 5.74) is 0.602. The highest BCUT2D eigenvalue weighted by atomic mass is 19.1. The van der Waals surface area contributed by atoms with Crippen LogP contribution in [0.4, 0.5) is 4.39 Å². The van der Waals surface area contributed by atoms with Gasteiger partial charge >= 0.3 is 0 Å². The fourth-order valence-corrected chi connectivity index (χ4v) is 4.35. The van der Waals surface area contributed by atoms with Crippen molar-refractivity contribution in [2.45, 2.75) is 69.6 Å². The van der Waals surface area contributed by atoms with Gasteiger partial charge in [-0.2, -0.15) is 5.10 Å². The molecule has 1 aromatic heterocycles. The second-order valence-corrected chi connectivity index (χ2v) is 8.81. The van der Waals surface area contributed by atoms with Crippen LogP contribution in [-0.2, 0) is 9.47 Å². The molecule has 3 unspecified atom stereocenters. The first-order valence-corrected chi connectivity index (χ1v) is 10.4. The van der Waals surface area contributed by atoms with Gasteiger partial charge in [0.05, 0.1) is 48.3 Å². The summed E-state index contributed by atoms with van der Waals surface area (Å²) in [6, 6.07) is 0.287. The predicted octanol–water partition coefficient (Wildman–Crippen LogP) is 0.883. The van der Waals surface area contributed by atoms with Gasteiger partial charge in [-0.3, -0.25) is 10.1 Å². The van der Waals surface area contributed by atoms with Crippen LogP contribution in [0.25, 0.3) is 12.2 Å². The minimum atomic E-state index is -1.18. The first-order valence-electron chi connectivity index (χ1n) is 10.4. The molecule has 0 aromatic carbocycles. The van der Waals surface area contributed by atoms with Crippen LogP contribution in [0.15, 0.2) is 16.9 Å². The maximum absolute atomic E-state index is 14.6. The maximum atomic E-state index is 14.6. The highest BCUT2D eigenvalue weighted by molar-refractivity contribution is 5.60. The molecule has 0 spiro atoms. The van der Waals surface area contributed by atoms with Crippen LogP contribution < -0.4 is 15.9 Å². The first-order chi connectivity index (χ1) is 13.9. The fourth-order valence-electron chi connectivity index (χ4n) is 4.35. The zero-order chi connectivity index (χ0) is 20.2. The molecule has 8 heteroatoms. The van der Waals surface area contributed by atoms with Gasteiger partial charge in [0.15, 0.2) is 6.17 Å². The number of aromatic amines is 1. The largest absolute Gasteiger partial charge is 0.377 e. The molecular weight excluding hydrogens is 373 g/mol. The lowest BCUT2D eigenvalue weighted by atomic mass is 10.0. The van der Waals surface area contributed by atoms with E-state index in [-0.39, 0.29) is 23.7 Å². The van der Waals surface area contributed by atoms with Gasteiger partial charge in [0, 0.05) is 5.22 Å². The fraction of sp³-hybridized carbons (Fsp3) is 0.619. The number of H-pyrrole nitrogens is 1. The first kappa shape index (κ1) is 18.8. The molecule has 2 fully saturated rings. The molecule has 29 heavy (non-hydrogen) atoms. The van der Waals surface area contributed by atoms with Crippen molar-refractivity contribution in [1.82, 2.24) is 20.4 Å². The van der Waals surface area contributed by atoms with E-state index >= 15 is 0 Å². The summed E-state index contributed by atoms with van der Waals surface area (Å²) in [6.45, 7) is 7.73. The zero-order valence-corrected chi connectivity index (χ0v) is 17.1. The van der Waals surface area contributed by atoms with E-state index in [1.807, 2.05) is 13.0 Å². The van der Waals surface area contributed by atoms with Gasteiger partial charge in [-0.1, -0.05) is 0 Å². The summed E-state index contributed by atoms with van der Waals surface area (Å²) in [7, 11) is 0. The highest BCUT2D eigenvalue weighted by Gasteiger charge is 2.42. The molecule has 5 rings (SSSR count). The van der Waals surface area contributed by atoms with E-state index in [0.29, 0.717) is 18.6 Å². The number of hydrogen-bond acceptors (Lipinski definition) is 6. The second kappa shape index (κ2) is 6.95. The number of halogens is 1. The molecule has 7 nitrogen and oxygen atoms in total. The number of morpholine rings is 1. The Morgan fingerprint density at radius 3 is 2.69 bits per heavy atom. The van der Waals surface area contributed by atoms with Gasteiger partial charge in [0.2, 0.25) is 0 Å². The van der Waals surface area contributed by atoms with Crippen molar-refractivity contribution >= 4 is 18.5 Å². The number of aliphatic imine (C=N–C) groups is 1. The van der Waals surface area contributed by atoms with Crippen molar-refractivity contribution in [3.63, 3.8) is 0 Å². The average molecular weight is 401 g/mol. The number of hydrogen-bond donors (Lipinski definition) is 2. The summed E-state index contributed by atoms with van der Waals surface area (Å²) in [5.74, 6) is 1.01. The molecule has 0 radical (unpaired) electrons. The predicted molar refractivity (Wildman–Crippen MR) is 108 cm³/mol. The maximum Gasteiger partial charge on any atom is 0.150 e. The van der Waals surface area contributed by atoms with Gasteiger partial charge in [-0.15, -0.1) is 0 Å². The molecule has 4 aliphatic rings. The number of aromatic nitrogens is 2. The average Bonchev–Trinajstić information content (AvgIpc) is 3.27. The van der Waals surface area contributed by atoms with E-state index in [1.165, 1.54) is 0 Å². The quantitative estimate of drug-likeness (QED) is 0.784. The standard InChI is InChI=1S/C21H28FN5O2/c1-12-9-28-10-13(2)27(12)19-8-17(23-11-24-19)20-14-6-18(29-21(3)4-5-21)15(22)7-16(14)25-26-20/h6-8,11-13,15,17-18,25H,4-5,9-10H2,1-3H3,(H,23,24)/t12-,13+,15?,17?,18?. The van der Waals surface area contributed by atoms with Crippen molar-refractivity contribution < 1.29 is 13.9 Å². The number of alkyl halides is 1. The molecule has 156 valence electrons. The molecule has 1 saturated heterocycles. The van der Waals surface area contributed by atoms with Crippen LogP contribution in [0.1, 0.15) is 45.3 Å². The normalized spacial score (nSPS) is 35.1. The van der Waals surface area contributed by atoms with E-state index in [4.69, 9.17) is 9.47 Å². The Bertz CT molecular complexity index is 956. The van der Waals surface area contributed by atoms with E-state index in [2.05, 4.69) is 45.3 Å². The molecule has 1 saturated carbocycles.